The number of nitrogens with one attached hydrogen (secondary N) is 1. The van der Waals surface area contributed by atoms with E-state index in [0.717, 1.165) is 33.0 Å². The molecule has 0 bridgehead atoms. The lowest BCUT2D eigenvalue weighted by molar-refractivity contribution is -0.133. The highest BCUT2D eigenvalue weighted by molar-refractivity contribution is 7.13. The lowest BCUT2D eigenvalue weighted by atomic mass is 9.94. The van der Waals surface area contributed by atoms with Crippen LogP contribution in [0.15, 0.2) is 72.1 Å². The van der Waals surface area contributed by atoms with Crippen molar-refractivity contribution in [3.63, 3.8) is 0 Å². The van der Waals surface area contributed by atoms with Gasteiger partial charge in [-0.15, -0.1) is 11.3 Å². The minimum atomic E-state index is -1.13. The number of amides is 2. The third-order valence-electron chi connectivity index (χ3n) is 6.63. The molecule has 36 heavy (non-hydrogen) atoms. The lowest BCUT2D eigenvalue weighted by Crippen LogP contribution is -2.63. The number of nitrogens with zero attached hydrogens (tertiary/aromatic N) is 3. The summed E-state index contributed by atoms with van der Waals surface area (Å²) in [6, 6.07) is 21.3. The number of ether oxygens (including phenoxy) is 1. The minimum Gasteiger partial charge on any atom is -0.497 e. The van der Waals surface area contributed by atoms with Crippen molar-refractivity contribution < 1.29 is 14.3 Å². The van der Waals surface area contributed by atoms with Crippen molar-refractivity contribution in [3.05, 3.63) is 94.5 Å². The topological polar surface area (TPSA) is 76.5 Å². The van der Waals surface area contributed by atoms with Crippen LogP contribution in [0.1, 0.15) is 34.1 Å². The molecule has 0 saturated heterocycles. The van der Waals surface area contributed by atoms with Crippen LogP contribution in [-0.2, 0) is 24.4 Å². The molecular formula is C28H28N4O3S. The van der Waals surface area contributed by atoms with Crippen molar-refractivity contribution in [1.29, 1.82) is 0 Å². The number of hydrogen-bond donors (Lipinski definition) is 1. The van der Waals surface area contributed by atoms with E-state index in [2.05, 4.69) is 5.32 Å². The van der Waals surface area contributed by atoms with E-state index in [0.29, 0.717) is 12.2 Å². The number of carbonyl (C=O) groups excluding carboxylic acids is 2. The van der Waals surface area contributed by atoms with E-state index < -0.39 is 5.54 Å². The molecule has 2 aromatic carbocycles. The van der Waals surface area contributed by atoms with Crippen LogP contribution in [0.5, 0.6) is 5.75 Å². The number of benzene rings is 2. The van der Waals surface area contributed by atoms with E-state index in [9.17, 15) is 9.59 Å². The average molecular weight is 501 g/mol. The minimum absolute atomic E-state index is 0.219. The highest BCUT2D eigenvalue weighted by Crippen LogP contribution is 2.33. The molecular weight excluding hydrogens is 472 g/mol. The first-order valence-electron chi connectivity index (χ1n) is 11.8. The first kappa shape index (κ1) is 23.8. The predicted octanol–water partition coefficient (Wildman–Crippen LogP) is 4.66. The molecule has 1 N–H and O–H groups in total. The molecule has 0 unspecified atom stereocenters. The Hall–Kier alpha value is -3.91. The predicted molar refractivity (Wildman–Crippen MR) is 140 cm³/mol. The van der Waals surface area contributed by atoms with Gasteiger partial charge in [0.15, 0.2) is 0 Å². The molecule has 2 amide bonds. The summed E-state index contributed by atoms with van der Waals surface area (Å²) in [4.78, 5) is 30.2. The van der Waals surface area contributed by atoms with Gasteiger partial charge in [0.05, 0.1) is 18.5 Å². The second-order valence-corrected chi connectivity index (χ2v) is 10.2. The number of hydrogen-bond acceptors (Lipinski definition) is 5. The molecule has 3 heterocycles. The van der Waals surface area contributed by atoms with Crippen LogP contribution in [0.4, 0.5) is 0 Å². The van der Waals surface area contributed by atoms with Gasteiger partial charge in [-0.1, -0.05) is 48.0 Å². The van der Waals surface area contributed by atoms with Crippen molar-refractivity contribution in [1.82, 2.24) is 20.0 Å². The lowest BCUT2D eigenvalue weighted by Gasteiger charge is -2.43. The van der Waals surface area contributed by atoms with E-state index in [1.54, 1.807) is 28.0 Å². The molecule has 5 rings (SSSR count). The van der Waals surface area contributed by atoms with E-state index in [1.807, 2.05) is 86.0 Å². The van der Waals surface area contributed by atoms with Crippen molar-refractivity contribution >= 4 is 23.2 Å². The Kier molecular flexibility index (Phi) is 6.36. The Morgan fingerprint density at radius 2 is 1.83 bits per heavy atom. The first-order valence-corrected chi connectivity index (χ1v) is 12.7. The van der Waals surface area contributed by atoms with Crippen molar-refractivity contribution in [2.45, 2.75) is 39.0 Å². The molecule has 0 aliphatic carbocycles. The highest BCUT2D eigenvalue weighted by atomic mass is 32.1. The normalized spacial score (nSPS) is 17.1. The summed E-state index contributed by atoms with van der Waals surface area (Å²) in [5, 5.41) is 9.73. The molecule has 1 aliphatic rings. The maximum Gasteiger partial charge on any atom is 0.273 e. The highest BCUT2D eigenvalue weighted by Gasteiger charge is 2.48. The van der Waals surface area contributed by atoms with E-state index in [1.165, 1.54) is 0 Å². The molecule has 1 atom stereocenters. The summed E-state index contributed by atoms with van der Waals surface area (Å²) >= 11 is 1.57. The average Bonchev–Trinajstić information content (AvgIpc) is 3.57. The monoisotopic (exact) mass is 500 g/mol. The number of aryl methyl sites for hydroxylation is 1. The number of aromatic nitrogens is 2. The van der Waals surface area contributed by atoms with Gasteiger partial charge in [-0.05, 0) is 54.6 Å². The fourth-order valence-electron chi connectivity index (χ4n) is 4.43. The van der Waals surface area contributed by atoms with Gasteiger partial charge in [-0.2, -0.15) is 5.10 Å². The number of methoxy groups -OCH3 is 1. The van der Waals surface area contributed by atoms with Crippen LogP contribution in [0.25, 0.3) is 10.6 Å². The molecule has 8 heteroatoms. The van der Waals surface area contributed by atoms with Crippen LogP contribution in [0.3, 0.4) is 0 Å². The van der Waals surface area contributed by atoms with Gasteiger partial charge in [0.25, 0.3) is 5.91 Å². The standard InChI is InChI=1S/C28H28N4O3S/c1-19-6-8-20(9-7-19)16-29-27(34)28(2)18-32-24(15-23(30-32)25-5-4-14-36-25)26(33)31(28)17-21-10-12-22(35-3)13-11-21/h4-15H,16-18H2,1-3H3,(H,29,34)/t28-/m1/s1. The van der Waals surface area contributed by atoms with Gasteiger partial charge >= 0.3 is 0 Å². The van der Waals surface area contributed by atoms with Gasteiger partial charge in [0.2, 0.25) is 5.91 Å². The van der Waals surface area contributed by atoms with Crippen LogP contribution < -0.4 is 10.1 Å². The summed E-state index contributed by atoms with van der Waals surface area (Å²) in [7, 11) is 1.62. The number of carbonyl (C=O) groups is 2. The Labute approximate surface area is 214 Å². The molecule has 1 aliphatic heterocycles. The number of fused-ring (bicyclic) bond motifs is 1. The van der Waals surface area contributed by atoms with E-state index in [4.69, 9.17) is 9.84 Å². The fourth-order valence-corrected chi connectivity index (χ4v) is 5.11. The van der Waals surface area contributed by atoms with Crippen molar-refractivity contribution in [2.24, 2.45) is 0 Å². The third-order valence-corrected chi connectivity index (χ3v) is 7.53. The van der Waals surface area contributed by atoms with E-state index >= 15 is 0 Å². The maximum atomic E-state index is 13.8. The Bertz CT molecular complexity index is 1380. The van der Waals surface area contributed by atoms with E-state index in [-0.39, 0.29) is 24.9 Å². The first-order chi connectivity index (χ1) is 17.4. The summed E-state index contributed by atoms with van der Waals surface area (Å²) in [6.07, 6.45) is 0. The summed E-state index contributed by atoms with van der Waals surface area (Å²) < 4.78 is 6.94. The van der Waals surface area contributed by atoms with Gasteiger partial charge in [0.1, 0.15) is 22.7 Å². The summed E-state index contributed by atoms with van der Waals surface area (Å²) in [6.45, 7) is 4.77. The largest absolute Gasteiger partial charge is 0.497 e. The van der Waals surface area contributed by atoms with Crippen LogP contribution in [-0.4, -0.2) is 39.1 Å². The maximum absolute atomic E-state index is 13.8. The molecule has 0 radical (unpaired) electrons. The number of thiophene rings is 1. The fraction of sp³-hybridized carbons (Fsp3) is 0.250. The quantitative estimate of drug-likeness (QED) is 0.401. The van der Waals surface area contributed by atoms with Gasteiger partial charge in [-0.3, -0.25) is 14.3 Å². The summed E-state index contributed by atoms with van der Waals surface area (Å²) in [5.74, 6) is 0.296. The Morgan fingerprint density at radius 3 is 2.50 bits per heavy atom. The molecule has 4 aromatic rings. The smallest absolute Gasteiger partial charge is 0.273 e. The molecule has 0 spiro atoms. The molecule has 0 fully saturated rings. The Morgan fingerprint density at radius 1 is 1.11 bits per heavy atom. The van der Waals surface area contributed by atoms with Gasteiger partial charge in [0, 0.05) is 13.1 Å². The second-order valence-electron chi connectivity index (χ2n) is 9.23. The zero-order valence-electron chi connectivity index (χ0n) is 20.5. The molecule has 7 nitrogen and oxygen atoms in total. The van der Waals surface area contributed by atoms with Crippen LogP contribution in [0.2, 0.25) is 0 Å². The van der Waals surface area contributed by atoms with Crippen LogP contribution >= 0.6 is 11.3 Å². The molecule has 184 valence electrons. The zero-order chi connectivity index (χ0) is 25.3. The molecule has 2 aromatic heterocycles. The summed E-state index contributed by atoms with van der Waals surface area (Å²) in [5.41, 5.74) is 3.16. The van der Waals surface area contributed by atoms with Crippen molar-refractivity contribution in [2.75, 3.05) is 7.11 Å². The zero-order valence-corrected chi connectivity index (χ0v) is 21.3. The van der Waals surface area contributed by atoms with Crippen molar-refractivity contribution in [3.8, 4) is 16.3 Å². The van der Waals surface area contributed by atoms with Gasteiger partial charge in [-0.25, -0.2) is 0 Å². The Balaban J connectivity index is 1.47. The van der Waals surface area contributed by atoms with Crippen LogP contribution in [0, 0.1) is 6.92 Å². The second kappa shape index (κ2) is 9.62. The number of rotatable bonds is 7. The third kappa shape index (κ3) is 4.52. The molecule has 0 saturated carbocycles. The SMILES string of the molecule is COc1ccc(CN2C(=O)c3cc(-c4cccs4)nn3C[C@]2(C)C(=O)NCc2ccc(C)cc2)cc1. The van der Waals surface area contributed by atoms with Gasteiger partial charge < -0.3 is 15.0 Å².